The van der Waals surface area contributed by atoms with Crippen molar-refractivity contribution >= 4 is 23.7 Å². The summed E-state index contributed by atoms with van der Waals surface area (Å²) in [6.07, 6.45) is 3.59. The van der Waals surface area contributed by atoms with Crippen LogP contribution in [0.5, 0.6) is 0 Å². The lowest BCUT2D eigenvalue weighted by Crippen LogP contribution is -2.36. The highest BCUT2D eigenvalue weighted by Crippen LogP contribution is 2.34. The van der Waals surface area contributed by atoms with E-state index in [1.54, 1.807) is 18.3 Å². The number of carbonyl (C=O) groups excluding carboxylic acids is 2. The van der Waals surface area contributed by atoms with Crippen molar-refractivity contribution in [2.75, 3.05) is 0 Å². The third kappa shape index (κ3) is 7.48. The van der Waals surface area contributed by atoms with Crippen LogP contribution < -0.4 is 0 Å². The van der Waals surface area contributed by atoms with E-state index in [9.17, 15) is 9.59 Å². The highest BCUT2D eigenvalue weighted by Gasteiger charge is 2.33. The Kier molecular flexibility index (Phi) is 7.87. The Morgan fingerprint density at radius 3 is 2.21 bits per heavy atom. The van der Waals surface area contributed by atoms with Gasteiger partial charge in [0.15, 0.2) is 0 Å². The van der Waals surface area contributed by atoms with E-state index in [1.165, 1.54) is 17.3 Å². The molecule has 1 heterocycles. The predicted molar refractivity (Wildman–Crippen MR) is 134 cm³/mol. The van der Waals surface area contributed by atoms with Crippen molar-refractivity contribution in [1.29, 1.82) is 0 Å². The number of hydrogen-bond donors (Lipinski definition) is 0. The standard InChI is InChI=1S/C27H32N2O4S/c1-19-7-9-20(10-8-19)16-29-17-21(15-28-29)18-32-24(30)22-11-13-23(14-12-22)34-27(5,6)25(31)33-26(2,3)4/h7-15,17H,16,18H2,1-6H3. The second-order valence-corrected chi connectivity index (χ2v) is 11.4. The van der Waals surface area contributed by atoms with Crippen LogP contribution in [0.4, 0.5) is 0 Å². The Labute approximate surface area is 205 Å². The molecule has 3 rings (SSSR count). The van der Waals surface area contributed by atoms with Crippen molar-refractivity contribution in [3.63, 3.8) is 0 Å². The average molecular weight is 481 g/mol. The van der Waals surface area contributed by atoms with Gasteiger partial charge in [-0.25, -0.2) is 4.79 Å². The van der Waals surface area contributed by atoms with Crippen molar-refractivity contribution in [2.24, 2.45) is 0 Å². The Hall–Kier alpha value is -3.06. The minimum atomic E-state index is -0.756. The number of aromatic nitrogens is 2. The average Bonchev–Trinajstić information content (AvgIpc) is 3.20. The summed E-state index contributed by atoms with van der Waals surface area (Å²) in [7, 11) is 0. The van der Waals surface area contributed by atoms with Crippen LogP contribution in [-0.2, 0) is 27.4 Å². The molecule has 0 N–H and O–H groups in total. The SMILES string of the molecule is Cc1ccc(Cn2cc(COC(=O)c3ccc(SC(C)(C)C(=O)OC(C)(C)C)cc3)cn2)cc1. The van der Waals surface area contributed by atoms with Gasteiger partial charge in [0.25, 0.3) is 0 Å². The van der Waals surface area contributed by atoms with E-state index in [2.05, 4.69) is 36.3 Å². The fourth-order valence-corrected chi connectivity index (χ4v) is 4.06. The molecule has 0 aliphatic heterocycles. The van der Waals surface area contributed by atoms with Gasteiger partial charge in [-0.15, -0.1) is 11.8 Å². The minimum Gasteiger partial charge on any atom is -0.459 e. The van der Waals surface area contributed by atoms with Gasteiger partial charge in [-0.2, -0.15) is 5.10 Å². The first-order valence-electron chi connectivity index (χ1n) is 11.2. The van der Waals surface area contributed by atoms with Gasteiger partial charge in [0.2, 0.25) is 0 Å². The van der Waals surface area contributed by atoms with E-state index in [4.69, 9.17) is 9.47 Å². The van der Waals surface area contributed by atoms with E-state index in [0.29, 0.717) is 12.1 Å². The smallest absolute Gasteiger partial charge is 0.338 e. The van der Waals surface area contributed by atoms with Crippen LogP contribution in [0.2, 0.25) is 0 Å². The summed E-state index contributed by atoms with van der Waals surface area (Å²) < 4.78 is 12.0. The number of esters is 2. The number of carbonyl (C=O) groups is 2. The zero-order valence-electron chi connectivity index (χ0n) is 20.6. The molecule has 0 radical (unpaired) electrons. The van der Waals surface area contributed by atoms with Crippen LogP contribution in [0.25, 0.3) is 0 Å². The van der Waals surface area contributed by atoms with Gasteiger partial charge in [0.05, 0.1) is 18.3 Å². The molecule has 0 saturated heterocycles. The molecule has 0 unspecified atom stereocenters. The summed E-state index contributed by atoms with van der Waals surface area (Å²) in [6, 6.07) is 15.3. The van der Waals surface area contributed by atoms with Crippen LogP contribution in [0.1, 0.15) is 61.7 Å². The number of benzene rings is 2. The second kappa shape index (κ2) is 10.5. The van der Waals surface area contributed by atoms with Crippen molar-refractivity contribution < 1.29 is 19.1 Å². The summed E-state index contributed by atoms with van der Waals surface area (Å²) >= 11 is 1.39. The van der Waals surface area contributed by atoms with E-state index >= 15 is 0 Å². The lowest BCUT2D eigenvalue weighted by molar-refractivity contribution is -0.156. The maximum Gasteiger partial charge on any atom is 0.338 e. The van der Waals surface area contributed by atoms with Gasteiger partial charge in [-0.1, -0.05) is 29.8 Å². The second-order valence-electron chi connectivity index (χ2n) is 9.75. The number of nitrogens with zero attached hydrogens (tertiary/aromatic N) is 2. The number of thioether (sulfide) groups is 1. The maximum atomic E-state index is 12.5. The van der Waals surface area contributed by atoms with Gasteiger partial charge >= 0.3 is 11.9 Å². The summed E-state index contributed by atoms with van der Waals surface area (Å²) in [5, 5.41) is 4.35. The first kappa shape index (κ1) is 25.6. The minimum absolute atomic E-state index is 0.148. The monoisotopic (exact) mass is 480 g/mol. The summed E-state index contributed by atoms with van der Waals surface area (Å²) in [6.45, 7) is 12.1. The van der Waals surface area contributed by atoms with E-state index in [1.807, 2.05) is 57.6 Å². The van der Waals surface area contributed by atoms with Gasteiger partial charge in [0.1, 0.15) is 17.0 Å². The zero-order valence-corrected chi connectivity index (χ0v) is 21.4. The molecular formula is C27H32N2O4S. The molecule has 0 aliphatic carbocycles. The Balaban J connectivity index is 1.52. The van der Waals surface area contributed by atoms with Crippen LogP contribution in [0.3, 0.4) is 0 Å². The molecule has 7 heteroatoms. The first-order chi connectivity index (χ1) is 15.9. The van der Waals surface area contributed by atoms with Crippen LogP contribution in [-0.4, -0.2) is 32.1 Å². The van der Waals surface area contributed by atoms with Crippen molar-refractivity contribution in [2.45, 2.75) is 69.9 Å². The molecule has 1 aromatic heterocycles. The number of hydrogen-bond acceptors (Lipinski definition) is 6. The number of rotatable bonds is 8. The fraction of sp³-hybridized carbons (Fsp3) is 0.370. The number of aryl methyl sites for hydroxylation is 1. The fourth-order valence-electron chi connectivity index (χ4n) is 3.08. The molecule has 0 spiro atoms. The van der Waals surface area contributed by atoms with Gasteiger partial charge in [-0.05, 0) is 71.4 Å². The molecule has 0 aliphatic rings. The number of ether oxygens (including phenoxy) is 2. The van der Waals surface area contributed by atoms with E-state index in [-0.39, 0.29) is 12.6 Å². The van der Waals surface area contributed by atoms with Crippen LogP contribution in [0.15, 0.2) is 65.8 Å². The molecular weight excluding hydrogens is 448 g/mol. The third-order valence-electron chi connectivity index (χ3n) is 4.88. The normalized spacial score (nSPS) is 11.8. The topological polar surface area (TPSA) is 70.4 Å². The molecule has 6 nitrogen and oxygen atoms in total. The molecule has 2 aromatic carbocycles. The Morgan fingerprint density at radius 1 is 0.941 bits per heavy atom. The molecule has 0 fully saturated rings. The zero-order chi connectivity index (χ0) is 24.9. The summed E-state index contributed by atoms with van der Waals surface area (Å²) in [5.74, 6) is -0.689. The van der Waals surface area contributed by atoms with Gasteiger partial charge in [0, 0.05) is 16.7 Å². The lowest BCUT2D eigenvalue weighted by atomic mass is 10.1. The van der Waals surface area contributed by atoms with Crippen LogP contribution in [0, 0.1) is 6.92 Å². The molecule has 0 bridgehead atoms. The largest absolute Gasteiger partial charge is 0.459 e. The Morgan fingerprint density at radius 2 is 1.59 bits per heavy atom. The van der Waals surface area contributed by atoms with E-state index in [0.717, 1.165) is 16.0 Å². The van der Waals surface area contributed by atoms with Crippen molar-refractivity contribution in [3.05, 3.63) is 83.2 Å². The highest BCUT2D eigenvalue weighted by atomic mass is 32.2. The predicted octanol–water partition coefficient (Wildman–Crippen LogP) is 5.81. The van der Waals surface area contributed by atoms with Gasteiger partial charge < -0.3 is 9.47 Å². The quantitative estimate of drug-likeness (QED) is 0.299. The summed E-state index contributed by atoms with van der Waals surface area (Å²) in [4.78, 5) is 25.8. The molecule has 34 heavy (non-hydrogen) atoms. The van der Waals surface area contributed by atoms with Crippen molar-refractivity contribution in [1.82, 2.24) is 9.78 Å². The molecule has 0 saturated carbocycles. The van der Waals surface area contributed by atoms with Crippen LogP contribution >= 0.6 is 11.8 Å². The molecule has 3 aromatic rings. The lowest BCUT2D eigenvalue weighted by Gasteiger charge is -2.28. The molecule has 0 atom stereocenters. The molecule has 0 amide bonds. The Bertz CT molecular complexity index is 1130. The third-order valence-corrected chi connectivity index (χ3v) is 6.06. The van der Waals surface area contributed by atoms with E-state index < -0.39 is 16.3 Å². The molecule has 180 valence electrons. The summed E-state index contributed by atoms with van der Waals surface area (Å²) in [5.41, 5.74) is 3.11. The van der Waals surface area contributed by atoms with Crippen molar-refractivity contribution in [3.8, 4) is 0 Å². The first-order valence-corrected chi connectivity index (χ1v) is 12.0. The van der Waals surface area contributed by atoms with Gasteiger partial charge in [-0.3, -0.25) is 9.48 Å². The highest BCUT2D eigenvalue weighted by molar-refractivity contribution is 8.01. The maximum absolute atomic E-state index is 12.5.